The highest BCUT2D eigenvalue weighted by molar-refractivity contribution is 6.42. The molecule has 5 heteroatoms. The van der Waals surface area contributed by atoms with Crippen LogP contribution in [0.5, 0.6) is 0 Å². The van der Waals surface area contributed by atoms with Gasteiger partial charge >= 0.3 is 0 Å². The van der Waals surface area contributed by atoms with Gasteiger partial charge in [0.1, 0.15) is 0 Å². The fourth-order valence-electron chi connectivity index (χ4n) is 1.83. The summed E-state index contributed by atoms with van der Waals surface area (Å²) in [7, 11) is 0. The summed E-state index contributed by atoms with van der Waals surface area (Å²) in [6.45, 7) is 0. The lowest BCUT2D eigenvalue weighted by molar-refractivity contribution is 0.633. The number of alkyl halides is 1. The van der Waals surface area contributed by atoms with Crippen LogP contribution in [0.2, 0.25) is 10.0 Å². The molecule has 1 aliphatic heterocycles. The van der Waals surface area contributed by atoms with E-state index < -0.39 is 0 Å². The summed E-state index contributed by atoms with van der Waals surface area (Å²) in [6, 6.07) is 7.72. The van der Waals surface area contributed by atoms with E-state index >= 15 is 0 Å². The maximum atomic E-state index is 8.88. The van der Waals surface area contributed by atoms with Crippen molar-refractivity contribution in [3.63, 3.8) is 0 Å². The lowest BCUT2D eigenvalue weighted by Gasteiger charge is -2.11. The molecule has 1 aromatic carbocycles. The monoisotopic (exact) mass is 274 g/mol. The average Bonchev–Trinajstić information content (AvgIpc) is 2.64. The van der Waals surface area contributed by atoms with Crippen molar-refractivity contribution >= 4 is 34.8 Å². The number of halogens is 3. The maximum absolute atomic E-state index is 8.88. The minimum absolute atomic E-state index is 0.0712. The number of nitrogens with zero attached hydrogens (tertiary/aromatic N) is 1. The highest BCUT2D eigenvalue weighted by Crippen LogP contribution is 2.34. The van der Waals surface area contributed by atoms with E-state index in [-0.39, 0.29) is 17.5 Å². The van der Waals surface area contributed by atoms with Gasteiger partial charge in [-0.1, -0.05) is 29.3 Å². The van der Waals surface area contributed by atoms with E-state index in [0.29, 0.717) is 16.5 Å². The van der Waals surface area contributed by atoms with Gasteiger partial charge in [0.25, 0.3) is 0 Å². The third kappa shape index (κ3) is 2.28. The minimum atomic E-state index is -0.301. The normalized spacial score (nSPS) is 29.0. The van der Waals surface area contributed by atoms with Crippen molar-refractivity contribution < 1.29 is 0 Å². The van der Waals surface area contributed by atoms with E-state index in [4.69, 9.17) is 40.1 Å². The molecule has 2 nitrogen and oxygen atoms in total. The fourth-order valence-corrected chi connectivity index (χ4v) is 2.45. The van der Waals surface area contributed by atoms with Gasteiger partial charge in [-0.3, -0.25) is 5.32 Å². The summed E-state index contributed by atoms with van der Waals surface area (Å²) < 4.78 is 0. The van der Waals surface area contributed by atoms with E-state index in [1.54, 1.807) is 6.07 Å². The standard InChI is InChI=1S/C11H9Cl3N2/c12-8-2-1-6(3-9(8)13)10-4-7(5-15)11(14)16-10/h1-3,7,10-11,16H,4H2. The second-order valence-electron chi connectivity index (χ2n) is 3.77. The van der Waals surface area contributed by atoms with Gasteiger partial charge in [-0.25, -0.2) is 0 Å². The van der Waals surface area contributed by atoms with Crippen LogP contribution in [0.25, 0.3) is 0 Å². The molecule has 16 heavy (non-hydrogen) atoms. The zero-order valence-electron chi connectivity index (χ0n) is 8.25. The number of hydrogen-bond acceptors (Lipinski definition) is 2. The lowest BCUT2D eigenvalue weighted by Crippen LogP contribution is -2.21. The molecular formula is C11H9Cl3N2. The molecule has 1 heterocycles. The molecule has 1 fully saturated rings. The van der Waals surface area contributed by atoms with Crippen LogP contribution in [-0.4, -0.2) is 5.50 Å². The molecule has 0 aromatic heterocycles. The van der Waals surface area contributed by atoms with Gasteiger partial charge < -0.3 is 0 Å². The topological polar surface area (TPSA) is 35.8 Å². The minimum Gasteiger partial charge on any atom is -0.293 e. The van der Waals surface area contributed by atoms with Gasteiger partial charge in [0, 0.05) is 6.04 Å². The molecule has 0 amide bonds. The number of hydrogen-bond donors (Lipinski definition) is 1. The molecule has 1 aliphatic rings. The van der Waals surface area contributed by atoms with Gasteiger partial charge in [-0.05, 0) is 24.1 Å². The Hall–Kier alpha value is -0.460. The van der Waals surface area contributed by atoms with Gasteiger partial charge in [-0.2, -0.15) is 5.26 Å². The fraction of sp³-hybridized carbons (Fsp3) is 0.364. The molecule has 1 N–H and O–H groups in total. The van der Waals surface area contributed by atoms with Crippen molar-refractivity contribution in [3.05, 3.63) is 33.8 Å². The van der Waals surface area contributed by atoms with Crippen molar-refractivity contribution in [2.75, 3.05) is 0 Å². The third-order valence-electron chi connectivity index (χ3n) is 2.72. The molecule has 0 saturated carbocycles. The molecule has 2 rings (SSSR count). The first-order valence-corrected chi connectivity index (χ1v) is 6.05. The maximum Gasteiger partial charge on any atom is 0.0990 e. The van der Waals surface area contributed by atoms with Gasteiger partial charge in [0.15, 0.2) is 0 Å². The first-order valence-electron chi connectivity index (χ1n) is 4.86. The van der Waals surface area contributed by atoms with Crippen LogP contribution < -0.4 is 5.32 Å². The summed E-state index contributed by atoms with van der Waals surface area (Å²) in [5, 5.41) is 13.1. The van der Waals surface area contributed by atoms with Crippen molar-refractivity contribution in [1.29, 1.82) is 5.26 Å². The third-order valence-corrected chi connectivity index (χ3v) is 3.88. The number of benzene rings is 1. The predicted octanol–water partition coefficient (Wildman–Crippen LogP) is 3.73. The van der Waals surface area contributed by atoms with E-state index in [2.05, 4.69) is 11.4 Å². The molecule has 3 unspecified atom stereocenters. The number of nitrogens with one attached hydrogen (secondary N) is 1. The van der Waals surface area contributed by atoms with Crippen molar-refractivity contribution in [3.8, 4) is 6.07 Å². The summed E-state index contributed by atoms with van der Waals surface area (Å²) in [5.41, 5.74) is 0.710. The summed E-state index contributed by atoms with van der Waals surface area (Å²) in [5.74, 6) is -0.166. The SMILES string of the molecule is N#CC1CC(c2ccc(Cl)c(Cl)c2)NC1Cl. The summed E-state index contributed by atoms with van der Waals surface area (Å²) in [6.07, 6.45) is 0.697. The molecule has 0 aliphatic carbocycles. The van der Waals surface area contributed by atoms with Crippen LogP contribution in [0.15, 0.2) is 18.2 Å². The molecule has 3 atom stereocenters. The summed E-state index contributed by atoms with van der Waals surface area (Å²) in [4.78, 5) is 0. The molecule has 1 aromatic rings. The quantitative estimate of drug-likeness (QED) is 0.626. The Labute approximate surface area is 109 Å². The van der Waals surface area contributed by atoms with Gasteiger partial charge in [-0.15, -0.1) is 11.6 Å². The average molecular weight is 276 g/mol. The van der Waals surface area contributed by atoms with E-state index in [9.17, 15) is 0 Å². The second-order valence-corrected chi connectivity index (χ2v) is 5.05. The zero-order valence-corrected chi connectivity index (χ0v) is 10.5. The highest BCUT2D eigenvalue weighted by atomic mass is 35.5. The van der Waals surface area contributed by atoms with Crippen LogP contribution >= 0.6 is 34.8 Å². The first-order chi connectivity index (χ1) is 7.61. The van der Waals surface area contributed by atoms with E-state index in [1.165, 1.54) is 0 Å². The van der Waals surface area contributed by atoms with Crippen molar-refractivity contribution in [2.24, 2.45) is 5.92 Å². The Morgan fingerprint density at radius 3 is 2.62 bits per heavy atom. The highest BCUT2D eigenvalue weighted by Gasteiger charge is 2.33. The molecule has 84 valence electrons. The van der Waals surface area contributed by atoms with Crippen molar-refractivity contribution in [2.45, 2.75) is 18.0 Å². The largest absolute Gasteiger partial charge is 0.293 e. The zero-order chi connectivity index (χ0) is 11.7. The Balaban J connectivity index is 2.21. The number of rotatable bonds is 1. The van der Waals surface area contributed by atoms with Crippen LogP contribution in [0, 0.1) is 17.2 Å². The Morgan fingerprint density at radius 2 is 2.06 bits per heavy atom. The molecular weight excluding hydrogens is 266 g/mol. The Morgan fingerprint density at radius 1 is 1.31 bits per heavy atom. The summed E-state index contributed by atoms with van der Waals surface area (Å²) >= 11 is 17.8. The van der Waals surface area contributed by atoms with Crippen molar-refractivity contribution in [1.82, 2.24) is 5.32 Å². The van der Waals surface area contributed by atoms with E-state index in [0.717, 1.165) is 5.56 Å². The van der Waals surface area contributed by atoms with Crippen LogP contribution in [0.4, 0.5) is 0 Å². The van der Waals surface area contributed by atoms with Crippen LogP contribution in [0.1, 0.15) is 18.0 Å². The van der Waals surface area contributed by atoms with Crippen LogP contribution in [-0.2, 0) is 0 Å². The van der Waals surface area contributed by atoms with Crippen LogP contribution in [0.3, 0.4) is 0 Å². The second kappa shape index (κ2) is 4.81. The smallest absolute Gasteiger partial charge is 0.0990 e. The Bertz CT molecular complexity index is 441. The molecule has 0 spiro atoms. The van der Waals surface area contributed by atoms with Gasteiger partial charge in [0.2, 0.25) is 0 Å². The molecule has 0 radical (unpaired) electrons. The lowest BCUT2D eigenvalue weighted by atomic mass is 10.0. The Kier molecular flexibility index (Phi) is 3.61. The number of nitriles is 1. The van der Waals surface area contributed by atoms with Gasteiger partial charge in [0.05, 0.1) is 27.5 Å². The molecule has 0 bridgehead atoms. The van der Waals surface area contributed by atoms with E-state index in [1.807, 2.05) is 12.1 Å². The first kappa shape index (κ1) is 12.0. The predicted molar refractivity (Wildman–Crippen MR) is 65.7 cm³/mol. The molecule has 1 saturated heterocycles.